The Morgan fingerprint density at radius 2 is 0.584 bits per heavy atom. The Morgan fingerprint density at radius 3 is 0.871 bits per heavy atom. The quantitative estimate of drug-likeness (QED) is 0.0295. The van der Waals surface area contributed by atoms with Crippen LogP contribution in [-0.2, 0) is 22.8 Å². The number of hydrogen-bond donors (Lipinski definition) is 2. The van der Waals surface area contributed by atoms with E-state index in [1.165, 1.54) is 167 Å². The molecule has 0 radical (unpaired) electrons. The number of nitrogens with one attached hydrogen (secondary N) is 2. The van der Waals surface area contributed by atoms with Gasteiger partial charge in [0.25, 0.3) is 0 Å². The van der Waals surface area contributed by atoms with Gasteiger partial charge in [-0.05, 0) is 120 Å². The van der Waals surface area contributed by atoms with Crippen molar-refractivity contribution in [2.75, 3.05) is 30.5 Å². The highest BCUT2D eigenvalue weighted by atomic mass is 16.5. The summed E-state index contributed by atoms with van der Waals surface area (Å²) in [6.45, 7) is 22.5. The molecule has 0 saturated carbocycles. The van der Waals surface area contributed by atoms with E-state index >= 15 is 0 Å². The molecule has 5 aromatic rings. The summed E-state index contributed by atoms with van der Waals surface area (Å²) in [6, 6.07) is 34.8. The average Bonchev–Trinajstić information content (AvgIpc) is 0.791. The lowest BCUT2D eigenvalue weighted by atomic mass is 9.97. The first-order valence-electron chi connectivity index (χ1n) is 41.0. The van der Waals surface area contributed by atoms with Gasteiger partial charge in [-0.1, -0.05) is 347 Å². The van der Waals surface area contributed by atoms with Gasteiger partial charge >= 0.3 is 0 Å². The monoisotopic (exact) mass is 1390 g/mol. The lowest BCUT2D eigenvalue weighted by molar-refractivity contribution is -0.117. The normalized spacial score (nSPS) is 12.2. The van der Waals surface area contributed by atoms with Crippen molar-refractivity contribution in [2.24, 2.45) is 23.7 Å². The number of amides is 2. The van der Waals surface area contributed by atoms with Gasteiger partial charge in [0.2, 0.25) is 17.6 Å². The Hall–Kier alpha value is -6.48. The molecule has 5 rings (SSSR count). The van der Waals surface area contributed by atoms with E-state index in [0.717, 1.165) is 120 Å². The molecule has 9 heteroatoms. The van der Waals surface area contributed by atoms with Gasteiger partial charge in [-0.25, -0.2) is 0 Å². The van der Waals surface area contributed by atoms with Gasteiger partial charge in [-0.3, -0.25) is 9.59 Å². The molecule has 0 saturated heterocycles. The van der Waals surface area contributed by atoms with Crippen LogP contribution >= 0.6 is 0 Å². The minimum Gasteiger partial charge on any atom is -0.489 e. The Kier molecular flexibility index (Phi) is 45.7. The van der Waals surface area contributed by atoms with Crippen LogP contribution in [-0.4, -0.2) is 31.6 Å². The number of ether oxygens (including phenoxy) is 5. The summed E-state index contributed by atoms with van der Waals surface area (Å²) in [5, 5.41) is 6.22. The first-order chi connectivity index (χ1) is 49.3. The molecule has 0 fully saturated rings. The van der Waals surface area contributed by atoms with Crippen molar-refractivity contribution < 1.29 is 33.3 Å². The second-order valence-electron chi connectivity index (χ2n) is 30.3. The third-order valence-electron chi connectivity index (χ3n) is 19.5. The number of anilines is 2. The maximum Gasteiger partial charge on any atom is 0.224 e. The van der Waals surface area contributed by atoms with Crippen LogP contribution in [0.2, 0.25) is 0 Å². The van der Waals surface area contributed by atoms with Crippen molar-refractivity contribution in [1.82, 2.24) is 0 Å². The number of rotatable bonds is 60. The first kappa shape index (κ1) is 85.2. The minimum atomic E-state index is 0.0730. The Balaban J connectivity index is 1.38. The first-order valence-corrected chi connectivity index (χ1v) is 41.0. The van der Waals surface area contributed by atoms with Crippen molar-refractivity contribution in [3.63, 3.8) is 0 Å². The summed E-state index contributed by atoms with van der Waals surface area (Å²) >= 11 is 0. The zero-order valence-electron chi connectivity index (χ0n) is 65.2. The van der Waals surface area contributed by atoms with Gasteiger partial charge in [-0.2, -0.15) is 0 Å². The number of unbranched alkanes of at least 4 members (excludes halogenated alkanes) is 27. The van der Waals surface area contributed by atoms with E-state index in [9.17, 15) is 9.59 Å². The van der Waals surface area contributed by atoms with Crippen molar-refractivity contribution in [3.05, 3.63) is 137 Å². The zero-order chi connectivity index (χ0) is 72.2. The molecule has 0 aliphatic heterocycles. The maximum atomic E-state index is 12.9. The van der Waals surface area contributed by atoms with Crippen LogP contribution in [0.5, 0.6) is 28.7 Å². The topological polar surface area (TPSA) is 104 Å². The lowest BCUT2D eigenvalue weighted by Crippen LogP contribution is -2.15. The van der Waals surface area contributed by atoms with Gasteiger partial charge in [0.15, 0.2) is 11.5 Å². The maximum absolute atomic E-state index is 12.9. The summed E-state index contributed by atoms with van der Waals surface area (Å²) in [5.41, 5.74) is 7.65. The molecule has 0 bridgehead atoms. The van der Waals surface area contributed by atoms with Gasteiger partial charge in [-0.15, -0.1) is 0 Å². The molecule has 9 nitrogen and oxygen atoms in total. The van der Waals surface area contributed by atoms with Crippen molar-refractivity contribution in [3.8, 4) is 28.7 Å². The van der Waals surface area contributed by atoms with Gasteiger partial charge < -0.3 is 34.3 Å². The molecule has 0 unspecified atom stereocenters. The van der Waals surface area contributed by atoms with Crippen LogP contribution in [0, 0.1) is 23.7 Å². The van der Waals surface area contributed by atoms with Gasteiger partial charge in [0, 0.05) is 35.3 Å². The van der Waals surface area contributed by atoms with Crippen LogP contribution < -0.4 is 34.3 Å². The number of carbonyl (C=O) groups excluding carboxylic acids is 2. The second-order valence-corrected chi connectivity index (χ2v) is 30.3. The summed E-state index contributed by atoms with van der Waals surface area (Å²) in [4.78, 5) is 25.8. The molecule has 5 aromatic carbocycles. The fourth-order valence-electron chi connectivity index (χ4n) is 13.1. The molecule has 0 aliphatic rings. The molecule has 0 aromatic heterocycles. The van der Waals surface area contributed by atoms with Crippen LogP contribution in [0.4, 0.5) is 11.4 Å². The number of carbonyl (C=O) groups is 2. The minimum absolute atomic E-state index is 0.0730. The highest BCUT2D eigenvalue weighted by Crippen LogP contribution is 2.45. The molecule has 101 heavy (non-hydrogen) atoms. The average molecular weight is 1390 g/mol. The third kappa shape index (κ3) is 39.7. The van der Waals surface area contributed by atoms with E-state index in [0.29, 0.717) is 73.6 Å². The molecule has 0 spiro atoms. The predicted octanol–water partition coefficient (Wildman–Crippen LogP) is 27.7. The number of benzene rings is 5. The Morgan fingerprint density at radius 1 is 0.317 bits per heavy atom. The second kappa shape index (κ2) is 54.2. The van der Waals surface area contributed by atoms with Crippen molar-refractivity contribution >= 4 is 47.5 Å². The van der Waals surface area contributed by atoms with Gasteiger partial charge in [0.1, 0.15) is 24.7 Å². The van der Waals surface area contributed by atoms with E-state index in [2.05, 4.69) is 128 Å². The van der Waals surface area contributed by atoms with Crippen molar-refractivity contribution in [1.29, 1.82) is 0 Å². The lowest BCUT2D eigenvalue weighted by Gasteiger charge is -2.23. The van der Waals surface area contributed by atoms with Crippen LogP contribution in [0.3, 0.4) is 0 Å². The van der Waals surface area contributed by atoms with Crippen LogP contribution in [0.25, 0.3) is 24.3 Å². The summed E-state index contributed by atoms with van der Waals surface area (Å²) in [7, 11) is 0. The standard InChI is InChI=1S/C92H140N2O7/c1-10-13-16-19-22-25-28-31-34-37-66-97-90-82(72-100-86-62-54-80(55-63-86)48-46-78-50-58-84(59-51-78)93-88(95)69-76(8)44-40-42-74(4)5)71-83(91(98-67-38-35-32-29-26-23-20-17-14-11-2)92(90)99-68-39-36-33-30-27-24-21-18-15-12-3)73-101-87-64-56-81(57-65-87)49-47-79-52-60-85(61-53-79)94-89(96)70-77(9)45-41-43-75(6)7/h46-65,71,74-77H,10-45,66-70,72-73H2,1-9H3,(H,93,95)(H,94,96)/b48-46+,49-47+/t76-,77-/m1/s1. The fourth-order valence-corrected chi connectivity index (χ4v) is 13.1. The fraction of sp³-hybridized carbons (Fsp3) is 0.609. The van der Waals surface area contributed by atoms with E-state index in [1.54, 1.807) is 0 Å². The number of hydrogen-bond acceptors (Lipinski definition) is 7. The van der Waals surface area contributed by atoms with E-state index in [-0.39, 0.29) is 25.0 Å². The van der Waals surface area contributed by atoms with E-state index in [4.69, 9.17) is 23.7 Å². The highest BCUT2D eigenvalue weighted by Gasteiger charge is 2.25. The summed E-state index contributed by atoms with van der Waals surface area (Å²) in [6.07, 6.45) is 53.8. The molecule has 2 amide bonds. The highest BCUT2D eigenvalue weighted by molar-refractivity contribution is 5.91. The van der Waals surface area contributed by atoms with E-state index < -0.39 is 0 Å². The predicted molar refractivity (Wildman–Crippen MR) is 433 cm³/mol. The Bertz CT molecular complexity index is 2780. The SMILES string of the molecule is CCCCCCCCCCCCOc1c(COc2ccc(/C=C/c3ccc(NC(=O)C[C@H](C)CCCC(C)C)cc3)cc2)cc(COc2ccc(/C=C/c3ccc(NC(=O)C[C@H](C)CCCC(C)C)cc3)cc2)c(OCCCCCCCCCCCC)c1OCCCCCCCCCCCC. The molecular weight excluding hydrogens is 1250 g/mol. The molecule has 560 valence electrons. The third-order valence-corrected chi connectivity index (χ3v) is 19.5. The van der Waals surface area contributed by atoms with Crippen molar-refractivity contribution in [2.45, 2.75) is 320 Å². The molecule has 0 aliphatic carbocycles. The molecule has 2 atom stereocenters. The largest absolute Gasteiger partial charge is 0.489 e. The smallest absolute Gasteiger partial charge is 0.224 e. The van der Waals surface area contributed by atoms with Crippen LogP contribution in [0.15, 0.2) is 103 Å². The molecule has 0 heterocycles. The summed E-state index contributed by atoms with van der Waals surface area (Å²) in [5.74, 6) is 5.85. The molecular formula is C92H140N2O7. The van der Waals surface area contributed by atoms with E-state index in [1.807, 2.05) is 72.8 Å². The Labute approximate surface area is 616 Å². The van der Waals surface area contributed by atoms with Gasteiger partial charge in [0.05, 0.1) is 19.8 Å². The summed E-state index contributed by atoms with van der Waals surface area (Å²) < 4.78 is 34.7. The molecule has 2 N–H and O–H groups in total. The van der Waals surface area contributed by atoms with Crippen LogP contribution in [0.1, 0.15) is 340 Å². The zero-order valence-corrected chi connectivity index (χ0v) is 65.2.